The van der Waals surface area contributed by atoms with E-state index >= 15 is 0 Å². The first-order valence-electron chi connectivity index (χ1n) is 9.12. The van der Waals surface area contributed by atoms with Crippen molar-refractivity contribution in [2.45, 2.75) is 24.2 Å². The van der Waals surface area contributed by atoms with Gasteiger partial charge in [-0.1, -0.05) is 18.2 Å². The van der Waals surface area contributed by atoms with Crippen molar-refractivity contribution in [2.24, 2.45) is 5.92 Å². The molecule has 2 aromatic rings. The minimum Gasteiger partial charge on any atom is -0.312 e. The highest BCUT2D eigenvalue weighted by Crippen LogP contribution is 2.31. The van der Waals surface area contributed by atoms with Gasteiger partial charge >= 0.3 is 0 Å². The summed E-state index contributed by atoms with van der Waals surface area (Å²) >= 11 is 0. The first-order valence-corrected chi connectivity index (χ1v) is 10.6. The Balaban J connectivity index is 1.53. The number of para-hydroxylation sites is 1. The third kappa shape index (κ3) is 3.37. The maximum Gasteiger partial charge on any atom is 0.243 e. The Labute approximate surface area is 158 Å². The molecule has 0 aliphatic carbocycles. The molecule has 0 bridgehead atoms. The Morgan fingerprint density at radius 3 is 2.56 bits per heavy atom. The number of hydrogen-bond acceptors (Lipinski definition) is 3. The van der Waals surface area contributed by atoms with E-state index in [0.29, 0.717) is 25.9 Å². The monoisotopic (exact) mass is 388 g/mol. The van der Waals surface area contributed by atoms with Crippen LogP contribution >= 0.6 is 0 Å². The molecule has 142 valence electrons. The Kier molecular flexibility index (Phi) is 4.74. The molecular formula is C20H21FN2O3S. The van der Waals surface area contributed by atoms with Gasteiger partial charge < -0.3 is 4.90 Å². The van der Waals surface area contributed by atoms with Crippen LogP contribution in [0.1, 0.15) is 18.4 Å². The number of nitrogens with zero attached hydrogens (tertiary/aromatic N) is 2. The van der Waals surface area contributed by atoms with Gasteiger partial charge in [-0.3, -0.25) is 4.79 Å². The fraction of sp³-hybridized carbons (Fsp3) is 0.350. The van der Waals surface area contributed by atoms with Gasteiger partial charge in [0.05, 0.1) is 10.8 Å². The molecule has 5 nitrogen and oxygen atoms in total. The molecule has 1 amide bonds. The molecule has 0 aromatic heterocycles. The van der Waals surface area contributed by atoms with E-state index in [9.17, 15) is 17.6 Å². The lowest BCUT2D eigenvalue weighted by Gasteiger charge is -2.33. The van der Waals surface area contributed by atoms with E-state index < -0.39 is 15.8 Å². The summed E-state index contributed by atoms with van der Waals surface area (Å²) in [6.45, 7) is 1.18. The second kappa shape index (κ2) is 7.05. The van der Waals surface area contributed by atoms with Crippen molar-refractivity contribution in [3.63, 3.8) is 0 Å². The quantitative estimate of drug-likeness (QED) is 0.812. The van der Waals surface area contributed by atoms with E-state index in [-0.39, 0.29) is 23.3 Å². The zero-order chi connectivity index (χ0) is 19.0. The Hall–Kier alpha value is -2.25. The Bertz CT molecular complexity index is 959. The standard InChI is InChI=1S/C20H21FN2O3S/c21-17-7-9-18(10-8-17)27(25,26)22-12-3-5-16(14-22)20(24)23-13-11-15-4-1-2-6-19(15)23/h1-2,4,6-10,16H,3,5,11-14H2/t16-/m1/s1. The first kappa shape index (κ1) is 18.1. The molecule has 4 rings (SSSR count). The predicted molar refractivity (Wildman–Crippen MR) is 100 cm³/mol. The Morgan fingerprint density at radius 1 is 1.04 bits per heavy atom. The van der Waals surface area contributed by atoms with Crippen LogP contribution in [-0.2, 0) is 21.2 Å². The number of halogens is 1. The molecule has 2 aromatic carbocycles. The van der Waals surface area contributed by atoms with Crippen LogP contribution in [0.25, 0.3) is 0 Å². The summed E-state index contributed by atoms with van der Waals surface area (Å²) in [4.78, 5) is 14.9. The van der Waals surface area contributed by atoms with E-state index in [1.807, 2.05) is 24.3 Å². The molecule has 0 saturated carbocycles. The highest BCUT2D eigenvalue weighted by molar-refractivity contribution is 7.89. The molecule has 7 heteroatoms. The third-order valence-corrected chi connectivity index (χ3v) is 7.22. The maximum absolute atomic E-state index is 13.1. The number of fused-ring (bicyclic) bond motifs is 1. The van der Waals surface area contributed by atoms with Crippen molar-refractivity contribution in [1.82, 2.24) is 4.31 Å². The molecule has 0 spiro atoms. The average molecular weight is 388 g/mol. The zero-order valence-electron chi connectivity index (χ0n) is 14.8. The number of sulfonamides is 1. The SMILES string of the molecule is O=C([C@@H]1CCCN(S(=O)(=O)c2ccc(F)cc2)C1)N1CCc2ccccc21. The molecule has 2 heterocycles. The summed E-state index contributed by atoms with van der Waals surface area (Å²) in [6, 6.07) is 12.7. The zero-order valence-corrected chi connectivity index (χ0v) is 15.7. The maximum atomic E-state index is 13.1. The van der Waals surface area contributed by atoms with Gasteiger partial charge in [-0.2, -0.15) is 4.31 Å². The molecule has 1 saturated heterocycles. The second-order valence-corrected chi connectivity index (χ2v) is 8.96. The lowest BCUT2D eigenvalue weighted by Crippen LogP contribution is -2.46. The van der Waals surface area contributed by atoms with Crippen LogP contribution in [0.4, 0.5) is 10.1 Å². The van der Waals surface area contributed by atoms with E-state index in [0.717, 1.165) is 29.8 Å². The molecule has 2 aliphatic rings. The summed E-state index contributed by atoms with van der Waals surface area (Å²) < 4.78 is 40.2. The number of carbonyl (C=O) groups is 1. The Morgan fingerprint density at radius 2 is 1.78 bits per heavy atom. The van der Waals surface area contributed by atoms with Crippen LogP contribution in [0.15, 0.2) is 53.4 Å². The van der Waals surface area contributed by atoms with Crippen LogP contribution in [0.3, 0.4) is 0 Å². The van der Waals surface area contributed by atoms with Gasteiger partial charge in [0.25, 0.3) is 0 Å². The molecule has 0 N–H and O–H groups in total. The van der Waals surface area contributed by atoms with Crippen molar-refractivity contribution in [3.8, 4) is 0 Å². The number of anilines is 1. The van der Waals surface area contributed by atoms with Gasteiger partial charge in [0.15, 0.2) is 0 Å². The van der Waals surface area contributed by atoms with Crippen LogP contribution < -0.4 is 4.90 Å². The average Bonchev–Trinajstić information content (AvgIpc) is 3.12. The molecule has 0 unspecified atom stereocenters. The van der Waals surface area contributed by atoms with Crippen LogP contribution in [0, 0.1) is 11.7 Å². The molecule has 2 aliphatic heterocycles. The van der Waals surface area contributed by atoms with Crippen molar-refractivity contribution >= 4 is 21.6 Å². The number of hydrogen-bond donors (Lipinski definition) is 0. The molecule has 0 radical (unpaired) electrons. The third-order valence-electron chi connectivity index (χ3n) is 5.34. The summed E-state index contributed by atoms with van der Waals surface area (Å²) in [5.74, 6) is -0.854. The molecule has 1 atom stereocenters. The topological polar surface area (TPSA) is 57.7 Å². The van der Waals surface area contributed by atoms with E-state index in [2.05, 4.69) is 0 Å². The van der Waals surface area contributed by atoms with Crippen LogP contribution in [-0.4, -0.2) is 38.3 Å². The van der Waals surface area contributed by atoms with Crippen molar-refractivity contribution in [3.05, 3.63) is 59.9 Å². The van der Waals surface area contributed by atoms with Gasteiger partial charge in [0, 0.05) is 25.3 Å². The summed E-state index contributed by atoms with van der Waals surface area (Å²) in [5.41, 5.74) is 2.08. The van der Waals surface area contributed by atoms with Gasteiger partial charge in [0.1, 0.15) is 5.82 Å². The fourth-order valence-electron chi connectivity index (χ4n) is 3.91. The lowest BCUT2D eigenvalue weighted by molar-refractivity contribution is -0.123. The first-order chi connectivity index (χ1) is 13.0. The summed E-state index contributed by atoms with van der Waals surface area (Å²) in [5, 5.41) is 0. The molecular weight excluding hydrogens is 367 g/mol. The highest BCUT2D eigenvalue weighted by atomic mass is 32.2. The predicted octanol–water partition coefficient (Wildman–Crippen LogP) is 2.82. The molecule has 27 heavy (non-hydrogen) atoms. The van der Waals surface area contributed by atoms with Crippen molar-refractivity contribution in [2.75, 3.05) is 24.5 Å². The highest BCUT2D eigenvalue weighted by Gasteiger charge is 2.36. The number of benzene rings is 2. The number of amides is 1. The summed E-state index contributed by atoms with van der Waals surface area (Å²) in [6.07, 6.45) is 2.13. The van der Waals surface area contributed by atoms with Crippen LogP contribution in [0.2, 0.25) is 0 Å². The van der Waals surface area contributed by atoms with Crippen LogP contribution in [0.5, 0.6) is 0 Å². The minimum absolute atomic E-state index is 0.0149. The van der Waals surface area contributed by atoms with E-state index in [1.54, 1.807) is 4.90 Å². The van der Waals surface area contributed by atoms with Gasteiger partial charge in [-0.15, -0.1) is 0 Å². The van der Waals surface area contributed by atoms with Crippen molar-refractivity contribution < 1.29 is 17.6 Å². The second-order valence-electron chi connectivity index (χ2n) is 7.02. The molecule has 1 fully saturated rings. The number of carbonyl (C=O) groups excluding carboxylic acids is 1. The number of piperidine rings is 1. The van der Waals surface area contributed by atoms with Crippen molar-refractivity contribution in [1.29, 1.82) is 0 Å². The van der Waals surface area contributed by atoms with E-state index in [4.69, 9.17) is 0 Å². The smallest absolute Gasteiger partial charge is 0.243 e. The van der Waals surface area contributed by atoms with E-state index in [1.165, 1.54) is 16.4 Å². The van der Waals surface area contributed by atoms with Gasteiger partial charge in [0.2, 0.25) is 15.9 Å². The lowest BCUT2D eigenvalue weighted by atomic mass is 9.98. The van der Waals surface area contributed by atoms with Gasteiger partial charge in [-0.25, -0.2) is 12.8 Å². The summed E-state index contributed by atoms with van der Waals surface area (Å²) in [7, 11) is -3.73. The van der Waals surface area contributed by atoms with Gasteiger partial charge in [-0.05, 0) is 55.2 Å². The number of rotatable bonds is 3. The largest absolute Gasteiger partial charge is 0.312 e. The fourth-order valence-corrected chi connectivity index (χ4v) is 5.43. The minimum atomic E-state index is -3.73. The normalized spacial score (nSPS) is 20.5.